The molecule has 0 unspecified atom stereocenters. The Hall–Kier alpha value is -2.91. The summed E-state index contributed by atoms with van der Waals surface area (Å²) in [5.41, 5.74) is -0.261. The van der Waals surface area contributed by atoms with Crippen LogP contribution in [0.3, 0.4) is 0 Å². The van der Waals surface area contributed by atoms with Crippen LogP contribution in [-0.2, 0) is 11.0 Å². The summed E-state index contributed by atoms with van der Waals surface area (Å²) in [6.07, 6.45) is -2.49. The predicted molar refractivity (Wildman–Crippen MR) is 91.4 cm³/mol. The van der Waals surface area contributed by atoms with E-state index in [1.807, 2.05) is 13.8 Å². The third kappa shape index (κ3) is 4.63. The number of nitrogens with zero attached hydrogens (tertiary/aromatic N) is 4. The smallest absolute Gasteiger partial charge is 0.343 e. The molecule has 0 saturated heterocycles. The lowest BCUT2D eigenvalue weighted by Crippen LogP contribution is -2.40. The van der Waals surface area contributed by atoms with E-state index in [1.54, 1.807) is 11.8 Å². The number of nitrogens with one attached hydrogen (secondary N) is 1. The first kappa shape index (κ1) is 20.4. The van der Waals surface area contributed by atoms with Gasteiger partial charge in [-0.25, -0.2) is 9.67 Å². The third-order valence-electron chi connectivity index (χ3n) is 4.06. The fraction of sp³-hybridized carbons (Fsp3) is 0.412. The highest BCUT2D eigenvalue weighted by Crippen LogP contribution is 2.28. The van der Waals surface area contributed by atoms with Crippen LogP contribution in [-0.4, -0.2) is 51.1 Å². The highest BCUT2D eigenvalue weighted by molar-refractivity contribution is 5.97. The molecule has 7 nitrogen and oxygen atoms in total. The second-order valence-corrected chi connectivity index (χ2v) is 5.71. The minimum absolute atomic E-state index is 0.149. The quantitative estimate of drug-likeness (QED) is 0.829. The maximum Gasteiger partial charge on any atom is 0.417 e. The van der Waals surface area contributed by atoms with Crippen molar-refractivity contribution in [1.29, 1.82) is 0 Å². The van der Waals surface area contributed by atoms with Crippen LogP contribution in [0.2, 0.25) is 0 Å². The van der Waals surface area contributed by atoms with Crippen LogP contribution < -0.4 is 5.32 Å². The Morgan fingerprint density at radius 1 is 1.19 bits per heavy atom. The minimum Gasteiger partial charge on any atom is -0.343 e. The molecule has 2 amide bonds. The number of hydrogen-bond donors (Lipinski definition) is 1. The Morgan fingerprint density at radius 3 is 2.37 bits per heavy atom. The second kappa shape index (κ2) is 8.19. The second-order valence-electron chi connectivity index (χ2n) is 5.71. The first-order valence-electron chi connectivity index (χ1n) is 8.33. The van der Waals surface area contributed by atoms with E-state index in [1.165, 1.54) is 16.9 Å². The molecule has 0 aromatic carbocycles. The van der Waals surface area contributed by atoms with E-state index in [0.717, 1.165) is 6.07 Å². The Bertz CT molecular complexity index is 811. The van der Waals surface area contributed by atoms with Crippen molar-refractivity contribution < 1.29 is 22.8 Å². The molecule has 0 spiro atoms. The van der Waals surface area contributed by atoms with Gasteiger partial charge in [-0.15, -0.1) is 0 Å². The lowest BCUT2D eigenvalue weighted by atomic mass is 10.2. The van der Waals surface area contributed by atoms with Gasteiger partial charge in [-0.05, 0) is 32.9 Å². The van der Waals surface area contributed by atoms with Gasteiger partial charge in [0.15, 0.2) is 5.82 Å². The molecule has 2 aromatic rings. The van der Waals surface area contributed by atoms with Gasteiger partial charge < -0.3 is 10.2 Å². The molecule has 0 aliphatic heterocycles. The number of carbonyl (C=O) groups is 2. The van der Waals surface area contributed by atoms with Crippen molar-refractivity contribution >= 4 is 11.8 Å². The number of rotatable bonds is 6. The maximum absolute atomic E-state index is 12.6. The molecular formula is C17H20F3N5O2. The molecule has 0 saturated carbocycles. The van der Waals surface area contributed by atoms with E-state index < -0.39 is 17.6 Å². The normalized spacial score (nSPS) is 11.3. The Kier molecular flexibility index (Phi) is 6.19. The van der Waals surface area contributed by atoms with E-state index in [4.69, 9.17) is 0 Å². The summed E-state index contributed by atoms with van der Waals surface area (Å²) in [4.78, 5) is 29.6. The molecule has 0 bridgehead atoms. The number of halogens is 3. The molecular weight excluding hydrogens is 363 g/mol. The van der Waals surface area contributed by atoms with Gasteiger partial charge in [-0.3, -0.25) is 9.59 Å². The first-order chi connectivity index (χ1) is 12.7. The summed E-state index contributed by atoms with van der Waals surface area (Å²) in [6, 6.07) is 2.07. The molecule has 10 heteroatoms. The van der Waals surface area contributed by atoms with E-state index in [9.17, 15) is 22.8 Å². The van der Waals surface area contributed by atoms with Crippen molar-refractivity contribution in [2.75, 3.05) is 19.6 Å². The fourth-order valence-electron chi connectivity index (χ4n) is 2.48. The van der Waals surface area contributed by atoms with Crippen molar-refractivity contribution in [3.8, 4) is 5.82 Å². The van der Waals surface area contributed by atoms with Crippen LogP contribution in [0.25, 0.3) is 5.82 Å². The van der Waals surface area contributed by atoms with Crippen LogP contribution in [0.15, 0.2) is 24.5 Å². The summed E-state index contributed by atoms with van der Waals surface area (Å²) in [5.74, 6) is -0.548. The highest BCUT2D eigenvalue weighted by atomic mass is 19.4. The van der Waals surface area contributed by atoms with Crippen molar-refractivity contribution in [3.63, 3.8) is 0 Å². The van der Waals surface area contributed by atoms with Crippen LogP contribution in [0.4, 0.5) is 13.2 Å². The number of likely N-dealkylation sites (N-methyl/N-ethyl adjacent to an activating group) is 1. The lowest BCUT2D eigenvalue weighted by Gasteiger charge is -2.18. The van der Waals surface area contributed by atoms with Gasteiger partial charge in [0.2, 0.25) is 5.91 Å². The number of amides is 2. The monoisotopic (exact) mass is 383 g/mol. The van der Waals surface area contributed by atoms with Crippen molar-refractivity contribution in [2.45, 2.75) is 26.9 Å². The number of alkyl halides is 3. The topological polar surface area (TPSA) is 80.1 Å². The Labute approximate surface area is 154 Å². The molecule has 0 atom stereocenters. The van der Waals surface area contributed by atoms with Gasteiger partial charge in [0.25, 0.3) is 5.91 Å². The molecule has 0 aliphatic rings. The number of carbonyl (C=O) groups excluding carboxylic acids is 2. The molecule has 0 fully saturated rings. The van der Waals surface area contributed by atoms with E-state index >= 15 is 0 Å². The van der Waals surface area contributed by atoms with E-state index in [0.29, 0.717) is 25.0 Å². The van der Waals surface area contributed by atoms with E-state index in [-0.39, 0.29) is 23.8 Å². The van der Waals surface area contributed by atoms with Crippen LogP contribution >= 0.6 is 0 Å². The average Bonchev–Trinajstić information content (AvgIpc) is 3.01. The predicted octanol–water partition coefficient (Wildman–Crippen LogP) is 2.19. The first-order valence-corrected chi connectivity index (χ1v) is 8.33. The zero-order chi connectivity index (χ0) is 20.2. The summed E-state index contributed by atoms with van der Waals surface area (Å²) in [6.45, 7) is 6.21. The van der Waals surface area contributed by atoms with Crippen LogP contribution in [0, 0.1) is 6.92 Å². The van der Waals surface area contributed by atoms with Gasteiger partial charge >= 0.3 is 6.18 Å². The number of pyridine rings is 1. The minimum atomic E-state index is -4.48. The van der Waals surface area contributed by atoms with Gasteiger partial charge in [-0.2, -0.15) is 18.3 Å². The van der Waals surface area contributed by atoms with E-state index in [2.05, 4.69) is 15.4 Å². The maximum atomic E-state index is 12.6. The van der Waals surface area contributed by atoms with Crippen molar-refractivity contribution in [1.82, 2.24) is 25.0 Å². The molecule has 146 valence electrons. The molecule has 0 aliphatic carbocycles. The molecule has 2 aromatic heterocycles. The van der Waals surface area contributed by atoms with Gasteiger partial charge in [0.05, 0.1) is 29.6 Å². The molecule has 1 N–H and O–H groups in total. The largest absolute Gasteiger partial charge is 0.417 e. The van der Waals surface area contributed by atoms with Crippen molar-refractivity contribution in [3.05, 3.63) is 41.3 Å². The van der Waals surface area contributed by atoms with Crippen LogP contribution in [0.1, 0.15) is 35.5 Å². The van der Waals surface area contributed by atoms with Crippen molar-refractivity contribution in [2.24, 2.45) is 0 Å². The zero-order valence-corrected chi connectivity index (χ0v) is 15.2. The van der Waals surface area contributed by atoms with Crippen LogP contribution in [0.5, 0.6) is 0 Å². The summed E-state index contributed by atoms with van der Waals surface area (Å²) >= 11 is 0. The van der Waals surface area contributed by atoms with Gasteiger partial charge in [0, 0.05) is 19.3 Å². The SMILES string of the molecule is CCN(CC)C(=O)CNC(=O)c1cnn(-c2ccc(C(F)(F)F)cn2)c1C. The number of hydrogen-bond acceptors (Lipinski definition) is 4. The number of aromatic nitrogens is 3. The Morgan fingerprint density at radius 2 is 1.85 bits per heavy atom. The standard InChI is InChI=1S/C17H20F3N5O2/c1-4-24(5-2)15(26)10-22-16(27)13-9-23-25(11(13)3)14-7-6-12(8-21-14)17(18,19)20/h6-9H,4-5,10H2,1-3H3,(H,22,27). The highest BCUT2D eigenvalue weighted by Gasteiger charge is 2.30. The molecule has 2 heterocycles. The average molecular weight is 383 g/mol. The summed E-state index contributed by atoms with van der Waals surface area (Å²) in [7, 11) is 0. The molecule has 27 heavy (non-hydrogen) atoms. The lowest BCUT2D eigenvalue weighted by molar-refractivity contribution is -0.137. The fourth-order valence-corrected chi connectivity index (χ4v) is 2.48. The zero-order valence-electron chi connectivity index (χ0n) is 15.2. The summed E-state index contributed by atoms with van der Waals surface area (Å²) < 4.78 is 39.1. The Balaban J connectivity index is 2.12. The third-order valence-corrected chi connectivity index (χ3v) is 4.06. The van der Waals surface area contributed by atoms with Gasteiger partial charge in [-0.1, -0.05) is 0 Å². The van der Waals surface area contributed by atoms with Gasteiger partial charge in [0.1, 0.15) is 0 Å². The summed E-state index contributed by atoms with van der Waals surface area (Å²) in [5, 5.41) is 6.54. The molecule has 0 radical (unpaired) electrons. The molecule has 2 rings (SSSR count).